The Bertz CT molecular complexity index is 3350. The molecule has 0 saturated heterocycles. The van der Waals surface area contributed by atoms with Gasteiger partial charge in [0.05, 0.1) is 17.8 Å². The summed E-state index contributed by atoms with van der Waals surface area (Å²) in [6.07, 6.45) is 1.13. The fourth-order valence-corrected chi connectivity index (χ4v) is 10.0. The molecule has 3 heterocycles. The molecule has 0 saturated carbocycles. The Morgan fingerprint density at radius 3 is 1.10 bits per heavy atom. The normalized spacial score (nSPS) is 19.9. The largest absolute Gasteiger partial charge is 0.508 e. The zero-order chi connectivity index (χ0) is 47.8. The third-order valence-electron chi connectivity index (χ3n) is 13.2. The second-order valence-electron chi connectivity index (χ2n) is 17.5. The summed E-state index contributed by atoms with van der Waals surface area (Å²) in [7, 11) is 0. The molecule has 11 rings (SSSR count). The Kier molecular flexibility index (Phi) is 10.1. The molecule has 8 aromatic rings. The number of phenolic OH excluding ortho intramolecular Hbond substituents is 10. The molecule has 0 aromatic heterocycles. The minimum Gasteiger partial charge on any atom is -0.508 e. The Balaban J connectivity index is 1.02. The molecule has 13 heteroatoms. The molecule has 13 nitrogen and oxygen atoms in total. The number of hydrogen-bond acceptors (Lipinski definition) is 13. The first kappa shape index (κ1) is 42.5. The quantitative estimate of drug-likeness (QED) is 0.0506. The van der Waals surface area contributed by atoms with Gasteiger partial charge in [0.2, 0.25) is 0 Å². The Morgan fingerprint density at radius 2 is 0.623 bits per heavy atom. The highest BCUT2D eigenvalue weighted by Crippen LogP contribution is 2.61. The lowest BCUT2D eigenvalue weighted by atomic mass is 9.80. The van der Waals surface area contributed by atoms with E-state index in [2.05, 4.69) is 0 Å². The van der Waals surface area contributed by atoms with Gasteiger partial charge in [0.25, 0.3) is 0 Å². The molecule has 10 N–H and O–H groups in total. The molecule has 69 heavy (non-hydrogen) atoms. The van der Waals surface area contributed by atoms with Crippen molar-refractivity contribution < 1.29 is 65.3 Å². The van der Waals surface area contributed by atoms with E-state index in [-0.39, 0.29) is 63.2 Å². The van der Waals surface area contributed by atoms with Crippen molar-refractivity contribution in [3.8, 4) is 74.7 Å². The van der Waals surface area contributed by atoms with Crippen LogP contribution < -0.4 is 14.2 Å². The number of fused-ring (bicyclic) bond motifs is 3. The lowest BCUT2D eigenvalue weighted by Gasteiger charge is -2.22. The van der Waals surface area contributed by atoms with Gasteiger partial charge in [-0.15, -0.1) is 0 Å². The SMILES string of the molecule is Oc1ccc(/C=C/c2cc(O)c3c(c2)O[C@H](c2cc(O)c4c(c2)O[C@H](c2ccc(O)cc2)[C@H]4c2cc(O)c4c(c2)O[C@H](c2ccc(O)cc2)[C@H]4c2ccc(O)c(O)c2)[C@H]3c2ccc(O)c(O)c2)cc1. The van der Waals surface area contributed by atoms with Crippen molar-refractivity contribution in [3.63, 3.8) is 0 Å². The standard InChI is InChI=1S/C56H42O13/c57-35-11-3-27(4-12-35)1-2-28-19-42(64)51-45(20-28)67-56(49(51)32-10-18-39(61)41(63)22-32)34-24-44(66)53-47(26-34)69-55(30-7-15-37(59)16-8-30)50(53)33-23-43(65)52-46(25-33)68-54(29-5-13-36(58)14-6-29)48(52)31-9-17-38(60)40(62)21-31/h1-26,48-50,54-66H/b2-1+/t48-,49-,50-,54+,55+,56+/m0/s1. The van der Waals surface area contributed by atoms with Gasteiger partial charge in [-0.2, -0.15) is 0 Å². The Labute approximate surface area is 393 Å². The number of aromatic hydroxyl groups is 10. The van der Waals surface area contributed by atoms with Crippen LogP contribution in [0.4, 0.5) is 0 Å². The smallest absolute Gasteiger partial charge is 0.157 e. The predicted molar refractivity (Wildman–Crippen MR) is 253 cm³/mol. The van der Waals surface area contributed by atoms with E-state index < -0.39 is 36.1 Å². The number of rotatable bonds is 8. The van der Waals surface area contributed by atoms with Gasteiger partial charge in [0.15, 0.2) is 23.0 Å². The van der Waals surface area contributed by atoms with Crippen molar-refractivity contribution in [2.24, 2.45) is 0 Å². The molecule has 0 radical (unpaired) electrons. The van der Waals surface area contributed by atoms with Crippen LogP contribution in [0, 0.1) is 0 Å². The van der Waals surface area contributed by atoms with Crippen molar-refractivity contribution in [1.29, 1.82) is 0 Å². The van der Waals surface area contributed by atoms with Crippen LogP contribution >= 0.6 is 0 Å². The van der Waals surface area contributed by atoms with Gasteiger partial charge in [-0.05, 0) is 136 Å². The molecule has 0 bridgehead atoms. The van der Waals surface area contributed by atoms with Gasteiger partial charge in [0.1, 0.15) is 70.1 Å². The summed E-state index contributed by atoms with van der Waals surface area (Å²) in [5, 5.41) is 108. The van der Waals surface area contributed by atoms with Crippen LogP contribution in [-0.4, -0.2) is 51.1 Å². The highest BCUT2D eigenvalue weighted by atomic mass is 16.5. The van der Waals surface area contributed by atoms with E-state index in [1.807, 2.05) is 6.08 Å². The predicted octanol–water partition coefficient (Wildman–Crippen LogP) is 10.7. The van der Waals surface area contributed by atoms with Gasteiger partial charge < -0.3 is 65.3 Å². The van der Waals surface area contributed by atoms with Gasteiger partial charge in [-0.1, -0.05) is 60.7 Å². The van der Waals surface area contributed by atoms with Crippen molar-refractivity contribution in [1.82, 2.24) is 0 Å². The van der Waals surface area contributed by atoms with E-state index in [1.54, 1.807) is 103 Å². The van der Waals surface area contributed by atoms with E-state index in [0.29, 0.717) is 67.1 Å². The van der Waals surface area contributed by atoms with E-state index in [9.17, 15) is 51.1 Å². The van der Waals surface area contributed by atoms with Crippen LogP contribution in [-0.2, 0) is 0 Å². The lowest BCUT2D eigenvalue weighted by Crippen LogP contribution is -2.12. The first-order valence-electron chi connectivity index (χ1n) is 22.0. The Morgan fingerprint density at radius 1 is 0.275 bits per heavy atom. The summed E-state index contributed by atoms with van der Waals surface area (Å²) in [6.45, 7) is 0. The molecule has 8 aromatic carbocycles. The fourth-order valence-electron chi connectivity index (χ4n) is 10.0. The zero-order valence-corrected chi connectivity index (χ0v) is 36.2. The third-order valence-corrected chi connectivity index (χ3v) is 13.2. The second kappa shape index (κ2) is 16.3. The van der Waals surface area contributed by atoms with Crippen LogP contribution in [0.2, 0.25) is 0 Å². The van der Waals surface area contributed by atoms with Crippen LogP contribution in [0.15, 0.2) is 146 Å². The summed E-state index contributed by atoms with van der Waals surface area (Å²) in [5.74, 6) is -2.90. The minimum absolute atomic E-state index is 0.0256. The maximum atomic E-state index is 12.3. The molecule has 0 amide bonds. The summed E-state index contributed by atoms with van der Waals surface area (Å²) in [6, 6.07) is 38.3. The fraction of sp³-hybridized carbons (Fsp3) is 0.107. The molecule has 0 fully saturated rings. The summed E-state index contributed by atoms with van der Waals surface area (Å²) in [5.41, 5.74) is 5.90. The Hall–Kier alpha value is -9.10. The van der Waals surface area contributed by atoms with Crippen LogP contribution in [0.25, 0.3) is 12.2 Å². The maximum Gasteiger partial charge on any atom is 0.157 e. The monoisotopic (exact) mass is 922 g/mol. The van der Waals surface area contributed by atoms with Crippen molar-refractivity contribution in [3.05, 3.63) is 207 Å². The van der Waals surface area contributed by atoms with E-state index in [1.165, 1.54) is 48.5 Å². The van der Waals surface area contributed by atoms with Crippen molar-refractivity contribution in [2.75, 3.05) is 0 Å². The highest BCUT2D eigenvalue weighted by molar-refractivity contribution is 5.73. The maximum absolute atomic E-state index is 12.3. The van der Waals surface area contributed by atoms with Crippen molar-refractivity contribution >= 4 is 12.2 Å². The summed E-state index contributed by atoms with van der Waals surface area (Å²) >= 11 is 0. The first-order valence-corrected chi connectivity index (χ1v) is 22.0. The van der Waals surface area contributed by atoms with Gasteiger partial charge in [-0.3, -0.25) is 0 Å². The molecule has 6 atom stereocenters. The minimum atomic E-state index is -0.914. The van der Waals surface area contributed by atoms with Crippen LogP contribution in [0.3, 0.4) is 0 Å². The lowest BCUT2D eigenvalue weighted by molar-refractivity contribution is 0.213. The molecule has 344 valence electrons. The van der Waals surface area contributed by atoms with Gasteiger partial charge in [0, 0.05) is 22.3 Å². The number of benzene rings is 8. The molecule has 3 aliphatic rings. The first-order chi connectivity index (χ1) is 33.3. The molecular weight excluding hydrogens is 881 g/mol. The second-order valence-corrected chi connectivity index (χ2v) is 17.5. The van der Waals surface area contributed by atoms with E-state index >= 15 is 0 Å². The third kappa shape index (κ3) is 7.46. The van der Waals surface area contributed by atoms with Crippen LogP contribution in [0.5, 0.6) is 74.7 Å². The summed E-state index contributed by atoms with van der Waals surface area (Å²) < 4.78 is 20.2. The molecule has 0 spiro atoms. The summed E-state index contributed by atoms with van der Waals surface area (Å²) in [4.78, 5) is 0. The van der Waals surface area contributed by atoms with Gasteiger partial charge >= 0.3 is 0 Å². The van der Waals surface area contributed by atoms with Crippen LogP contribution in [0.1, 0.15) is 97.3 Å². The topological polar surface area (TPSA) is 230 Å². The van der Waals surface area contributed by atoms with Crippen molar-refractivity contribution in [2.45, 2.75) is 36.1 Å². The number of ether oxygens (including phenoxy) is 3. The number of hydrogen-bond donors (Lipinski definition) is 10. The molecule has 3 aliphatic heterocycles. The molecule has 0 aliphatic carbocycles. The highest BCUT2D eigenvalue weighted by Gasteiger charge is 2.46. The average molecular weight is 923 g/mol. The molecular formula is C56H42O13. The van der Waals surface area contributed by atoms with E-state index in [4.69, 9.17) is 14.2 Å². The van der Waals surface area contributed by atoms with E-state index in [0.717, 1.165) is 5.56 Å². The van der Waals surface area contributed by atoms with Gasteiger partial charge in [-0.25, -0.2) is 0 Å². The average Bonchev–Trinajstić information content (AvgIpc) is 4.04. The number of phenols is 10. The zero-order valence-electron chi connectivity index (χ0n) is 36.2. The molecule has 0 unspecified atom stereocenters.